The van der Waals surface area contributed by atoms with Crippen LogP contribution in [0.5, 0.6) is 5.75 Å². The minimum atomic E-state index is -0.500. The molecule has 0 radical (unpaired) electrons. The number of hydrogen-bond acceptors (Lipinski definition) is 4. The summed E-state index contributed by atoms with van der Waals surface area (Å²) in [6.45, 7) is 0. The summed E-state index contributed by atoms with van der Waals surface area (Å²) in [5.41, 5.74) is 8.94. The third kappa shape index (κ3) is 4.96. The Labute approximate surface area is 278 Å². The molecular formula is C42H31N5O. The van der Waals surface area contributed by atoms with Crippen LogP contribution in [0.3, 0.4) is 0 Å². The van der Waals surface area contributed by atoms with Gasteiger partial charge in [-0.15, -0.1) is 0 Å². The SMILES string of the molecule is c1ccc(-c2nn(-c3ccccc3)cc2C2NC(c3cn(-c4ccccc4)nc3-c3ccccc3)c3c(ccc4ccccc34)O2)cc1. The third-order valence-electron chi connectivity index (χ3n) is 9.00. The fourth-order valence-corrected chi connectivity index (χ4v) is 6.71. The number of hydrogen-bond donors (Lipinski definition) is 1. The number of nitrogens with zero attached hydrogens (tertiary/aromatic N) is 4. The first-order valence-electron chi connectivity index (χ1n) is 16.2. The Morgan fingerprint density at radius 1 is 0.500 bits per heavy atom. The highest BCUT2D eigenvalue weighted by atomic mass is 16.5. The van der Waals surface area contributed by atoms with E-state index in [4.69, 9.17) is 14.9 Å². The molecule has 230 valence electrons. The largest absolute Gasteiger partial charge is 0.471 e. The zero-order valence-corrected chi connectivity index (χ0v) is 26.0. The molecule has 2 aromatic heterocycles. The van der Waals surface area contributed by atoms with Gasteiger partial charge in [0, 0.05) is 34.6 Å². The number of ether oxygens (including phenoxy) is 1. The van der Waals surface area contributed by atoms with Crippen molar-refractivity contribution < 1.29 is 4.74 Å². The molecule has 9 rings (SSSR count). The predicted molar refractivity (Wildman–Crippen MR) is 190 cm³/mol. The van der Waals surface area contributed by atoms with Crippen LogP contribution in [0.1, 0.15) is 29.0 Å². The second-order valence-electron chi connectivity index (χ2n) is 12.0. The standard InChI is InChI=1S/C42H31N5O/c1-5-16-30(17-6-1)39-35(27-46(44-39)32-20-9-3-10-21-32)41-38-34-24-14-13-15-29(34)25-26-37(38)48-42(43-41)36-28-47(33-22-11-4-12-23-33)45-40(36)31-18-7-2-8-19-31/h1-28,41-43H. The number of para-hydroxylation sites is 2. The summed E-state index contributed by atoms with van der Waals surface area (Å²) in [4.78, 5) is 0. The average molecular weight is 622 g/mol. The average Bonchev–Trinajstić information content (AvgIpc) is 3.82. The highest BCUT2D eigenvalue weighted by Crippen LogP contribution is 2.46. The topological polar surface area (TPSA) is 56.9 Å². The van der Waals surface area contributed by atoms with Gasteiger partial charge >= 0.3 is 0 Å². The lowest BCUT2D eigenvalue weighted by molar-refractivity contribution is 0.134. The first-order valence-corrected chi connectivity index (χ1v) is 16.2. The van der Waals surface area contributed by atoms with Crippen LogP contribution in [-0.4, -0.2) is 19.6 Å². The van der Waals surface area contributed by atoms with E-state index in [0.717, 1.165) is 67.1 Å². The lowest BCUT2D eigenvalue weighted by atomic mass is 9.90. The molecular weight excluding hydrogens is 590 g/mol. The van der Waals surface area contributed by atoms with Crippen LogP contribution in [0.2, 0.25) is 0 Å². The van der Waals surface area contributed by atoms with E-state index in [1.165, 1.54) is 0 Å². The van der Waals surface area contributed by atoms with Crippen molar-refractivity contribution in [1.82, 2.24) is 24.9 Å². The van der Waals surface area contributed by atoms with E-state index in [0.29, 0.717) is 0 Å². The van der Waals surface area contributed by atoms with Crippen LogP contribution < -0.4 is 10.1 Å². The van der Waals surface area contributed by atoms with Crippen molar-refractivity contribution >= 4 is 10.8 Å². The van der Waals surface area contributed by atoms with Gasteiger partial charge < -0.3 is 4.74 Å². The maximum atomic E-state index is 6.93. The molecule has 0 amide bonds. The Kier molecular flexibility index (Phi) is 6.91. The molecule has 8 aromatic rings. The van der Waals surface area contributed by atoms with E-state index in [1.807, 2.05) is 70.0 Å². The van der Waals surface area contributed by atoms with E-state index in [-0.39, 0.29) is 6.04 Å². The van der Waals surface area contributed by atoms with Crippen molar-refractivity contribution in [3.63, 3.8) is 0 Å². The lowest BCUT2D eigenvalue weighted by Gasteiger charge is -2.34. The van der Waals surface area contributed by atoms with Crippen LogP contribution in [-0.2, 0) is 0 Å². The highest BCUT2D eigenvalue weighted by Gasteiger charge is 2.36. The number of rotatable bonds is 6. The highest BCUT2D eigenvalue weighted by molar-refractivity contribution is 5.89. The molecule has 2 unspecified atom stereocenters. The van der Waals surface area contributed by atoms with E-state index in [2.05, 4.69) is 115 Å². The van der Waals surface area contributed by atoms with Gasteiger partial charge in [0.15, 0.2) is 6.23 Å². The van der Waals surface area contributed by atoms with Gasteiger partial charge in [0.05, 0.1) is 28.7 Å². The molecule has 0 aliphatic carbocycles. The number of fused-ring (bicyclic) bond motifs is 3. The van der Waals surface area contributed by atoms with E-state index in [1.54, 1.807) is 0 Å². The normalized spacial score (nSPS) is 15.6. The number of benzene rings is 6. The van der Waals surface area contributed by atoms with E-state index >= 15 is 0 Å². The summed E-state index contributed by atoms with van der Waals surface area (Å²) in [5, 5.41) is 16.6. The van der Waals surface area contributed by atoms with Gasteiger partial charge in [-0.05, 0) is 41.1 Å². The van der Waals surface area contributed by atoms with Crippen molar-refractivity contribution in [2.75, 3.05) is 0 Å². The fourth-order valence-electron chi connectivity index (χ4n) is 6.71. The van der Waals surface area contributed by atoms with Gasteiger partial charge in [0.2, 0.25) is 0 Å². The second kappa shape index (κ2) is 11.8. The maximum Gasteiger partial charge on any atom is 0.180 e. The molecule has 0 spiro atoms. The second-order valence-corrected chi connectivity index (χ2v) is 12.0. The third-order valence-corrected chi connectivity index (χ3v) is 9.00. The van der Waals surface area contributed by atoms with Gasteiger partial charge in [-0.1, -0.05) is 127 Å². The molecule has 0 bridgehead atoms. The van der Waals surface area contributed by atoms with Crippen LogP contribution in [0, 0.1) is 0 Å². The van der Waals surface area contributed by atoms with Crippen LogP contribution in [0.15, 0.2) is 170 Å². The monoisotopic (exact) mass is 621 g/mol. The molecule has 0 saturated heterocycles. The minimum absolute atomic E-state index is 0.249. The van der Waals surface area contributed by atoms with Crippen molar-refractivity contribution in [1.29, 1.82) is 0 Å². The van der Waals surface area contributed by atoms with Crippen molar-refractivity contribution in [2.45, 2.75) is 12.3 Å². The fraction of sp³-hybridized carbons (Fsp3) is 0.0476. The summed E-state index contributed by atoms with van der Waals surface area (Å²) in [6.07, 6.45) is 3.75. The molecule has 0 fully saturated rings. The molecule has 48 heavy (non-hydrogen) atoms. The molecule has 1 N–H and O–H groups in total. The molecule has 3 heterocycles. The predicted octanol–water partition coefficient (Wildman–Crippen LogP) is 9.32. The first kappa shape index (κ1) is 28.0. The number of nitrogens with one attached hydrogen (secondary N) is 1. The Hall–Kier alpha value is -6.24. The first-order chi connectivity index (χ1) is 23.8. The van der Waals surface area contributed by atoms with Crippen molar-refractivity contribution in [3.05, 3.63) is 187 Å². The summed E-state index contributed by atoms with van der Waals surface area (Å²) in [6, 6.07) is 53.7. The quantitative estimate of drug-likeness (QED) is 0.201. The van der Waals surface area contributed by atoms with Gasteiger partial charge in [-0.3, -0.25) is 5.32 Å². The summed E-state index contributed by atoms with van der Waals surface area (Å²) < 4.78 is 10.9. The Morgan fingerprint density at radius 2 is 1.00 bits per heavy atom. The van der Waals surface area contributed by atoms with Crippen molar-refractivity contribution in [2.24, 2.45) is 0 Å². The molecule has 6 heteroatoms. The number of aromatic nitrogens is 4. The molecule has 2 atom stereocenters. The van der Waals surface area contributed by atoms with Gasteiger partial charge in [-0.25, -0.2) is 9.36 Å². The molecule has 0 saturated carbocycles. The lowest BCUT2D eigenvalue weighted by Crippen LogP contribution is -2.36. The van der Waals surface area contributed by atoms with Crippen LogP contribution in [0.4, 0.5) is 0 Å². The smallest absolute Gasteiger partial charge is 0.180 e. The van der Waals surface area contributed by atoms with Gasteiger partial charge in [0.1, 0.15) is 11.4 Å². The molecule has 6 aromatic carbocycles. The Morgan fingerprint density at radius 3 is 1.60 bits per heavy atom. The summed E-state index contributed by atoms with van der Waals surface area (Å²) in [5.74, 6) is 0.834. The van der Waals surface area contributed by atoms with Gasteiger partial charge in [0.25, 0.3) is 0 Å². The summed E-state index contributed by atoms with van der Waals surface area (Å²) in [7, 11) is 0. The minimum Gasteiger partial charge on any atom is -0.471 e. The summed E-state index contributed by atoms with van der Waals surface area (Å²) >= 11 is 0. The van der Waals surface area contributed by atoms with E-state index < -0.39 is 6.23 Å². The molecule has 6 nitrogen and oxygen atoms in total. The van der Waals surface area contributed by atoms with Crippen LogP contribution in [0.25, 0.3) is 44.7 Å². The molecule has 1 aliphatic heterocycles. The van der Waals surface area contributed by atoms with E-state index in [9.17, 15) is 0 Å². The van der Waals surface area contributed by atoms with Gasteiger partial charge in [-0.2, -0.15) is 10.2 Å². The zero-order chi connectivity index (χ0) is 31.9. The van der Waals surface area contributed by atoms with Crippen LogP contribution >= 0.6 is 0 Å². The maximum absolute atomic E-state index is 6.93. The Balaban J connectivity index is 1.26. The Bertz CT molecular complexity index is 2350. The van der Waals surface area contributed by atoms with Crippen molar-refractivity contribution in [3.8, 4) is 39.6 Å². The zero-order valence-electron chi connectivity index (χ0n) is 26.0. The molecule has 1 aliphatic rings.